The number of carbonyl (C=O) groups is 2. The third-order valence-electron chi connectivity index (χ3n) is 6.30. The predicted molar refractivity (Wildman–Crippen MR) is 106 cm³/mol. The molecule has 0 aromatic heterocycles. The third-order valence-corrected chi connectivity index (χ3v) is 6.30. The summed E-state index contributed by atoms with van der Waals surface area (Å²) in [6.07, 6.45) is 10.3. The van der Waals surface area contributed by atoms with Gasteiger partial charge in [0.2, 0.25) is 5.91 Å². The van der Waals surface area contributed by atoms with E-state index in [1.807, 2.05) is 23.6 Å². The van der Waals surface area contributed by atoms with E-state index in [2.05, 4.69) is 5.32 Å². The molecule has 1 saturated carbocycles. The molecule has 0 unspecified atom stereocenters. The first-order valence-electron chi connectivity index (χ1n) is 11.0. The van der Waals surface area contributed by atoms with E-state index in [1.54, 1.807) is 0 Å². The molecule has 0 aromatic rings. The van der Waals surface area contributed by atoms with Crippen LogP contribution in [-0.4, -0.2) is 66.2 Å². The first-order chi connectivity index (χ1) is 13.0. The van der Waals surface area contributed by atoms with Gasteiger partial charge < -0.3 is 19.9 Å². The van der Waals surface area contributed by atoms with Crippen molar-refractivity contribution in [2.45, 2.75) is 89.9 Å². The van der Waals surface area contributed by atoms with Crippen LogP contribution in [0.3, 0.4) is 0 Å². The molecule has 2 saturated heterocycles. The Kier molecular flexibility index (Phi) is 7.39. The molecule has 3 rings (SSSR count). The quantitative estimate of drug-likeness (QED) is 0.802. The van der Waals surface area contributed by atoms with Crippen molar-refractivity contribution >= 4 is 11.9 Å². The number of amides is 3. The van der Waals surface area contributed by atoms with Crippen molar-refractivity contribution in [2.24, 2.45) is 5.92 Å². The molecular formula is C21H37N3O3. The summed E-state index contributed by atoms with van der Waals surface area (Å²) in [5.41, 5.74) is 0. The minimum Gasteiger partial charge on any atom is -0.372 e. The van der Waals surface area contributed by atoms with Gasteiger partial charge in [-0.1, -0.05) is 32.1 Å². The van der Waals surface area contributed by atoms with Gasteiger partial charge in [0.25, 0.3) is 0 Å². The minimum atomic E-state index is 0.0490. The highest BCUT2D eigenvalue weighted by molar-refractivity contribution is 5.80. The van der Waals surface area contributed by atoms with Gasteiger partial charge in [-0.2, -0.15) is 0 Å². The summed E-state index contributed by atoms with van der Waals surface area (Å²) in [6.45, 7) is 6.79. The van der Waals surface area contributed by atoms with Crippen LogP contribution >= 0.6 is 0 Å². The Balaban J connectivity index is 1.43. The molecule has 1 N–H and O–H groups in total. The lowest BCUT2D eigenvalue weighted by molar-refractivity contribution is -0.148. The van der Waals surface area contributed by atoms with Gasteiger partial charge >= 0.3 is 6.03 Å². The van der Waals surface area contributed by atoms with Gasteiger partial charge in [0.1, 0.15) is 0 Å². The lowest BCUT2D eigenvalue weighted by atomic mass is 9.94. The average Bonchev–Trinajstić information content (AvgIpc) is 2.62. The first-order valence-corrected chi connectivity index (χ1v) is 11.0. The van der Waals surface area contributed by atoms with Crippen LogP contribution < -0.4 is 5.32 Å². The van der Waals surface area contributed by atoms with Gasteiger partial charge in [0, 0.05) is 38.1 Å². The summed E-state index contributed by atoms with van der Waals surface area (Å²) < 4.78 is 5.74. The van der Waals surface area contributed by atoms with Crippen LogP contribution in [0.2, 0.25) is 0 Å². The van der Waals surface area contributed by atoms with E-state index in [-0.39, 0.29) is 30.1 Å². The third kappa shape index (κ3) is 5.84. The summed E-state index contributed by atoms with van der Waals surface area (Å²) in [6, 6.07) is 0.397. The van der Waals surface area contributed by atoms with Crippen molar-refractivity contribution < 1.29 is 14.3 Å². The molecule has 154 valence electrons. The molecule has 0 radical (unpaired) electrons. The standard InChI is InChI=1S/C21H37N3O3/c1-16-14-24(15-17(2)27-16)20(25)18-10-12-23(13-11-18)21(26)22-19-8-6-4-3-5-7-9-19/h16-19H,3-15H2,1-2H3,(H,22,26)/t16-,17+. The molecule has 3 fully saturated rings. The highest BCUT2D eigenvalue weighted by atomic mass is 16.5. The largest absolute Gasteiger partial charge is 0.372 e. The molecule has 27 heavy (non-hydrogen) atoms. The second kappa shape index (κ2) is 9.76. The molecule has 2 aliphatic heterocycles. The van der Waals surface area contributed by atoms with Gasteiger partial charge in [-0.05, 0) is 39.5 Å². The van der Waals surface area contributed by atoms with Crippen LogP contribution in [0, 0.1) is 5.92 Å². The number of urea groups is 1. The van der Waals surface area contributed by atoms with Crippen LogP contribution in [0.4, 0.5) is 4.79 Å². The number of hydrogen-bond donors (Lipinski definition) is 1. The molecule has 2 atom stereocenters. The van der Waals surface area contributed by atoms with Crippen molar-refractivity contribution in [3.63, 3.8) is 0 Å². The molecule has 0 bridgehead atoms. The van der Waals surface area contributed by atoms with Crippen LogP contribution in [0.15, 0.2) is 0 Å². The topological polar surface area (TPSA) is 61.9 Å². The Morgan fingerprint density at radius 2 is 1.37 bits per heavy atom. The van der Waals surface area contributed by atoms with Gasteiger partial charge in [-0.15, -0.1) is 0 Å². The molecular weight excluding hydrogens is 342 g/mol. The molecule has 0 spiro atoms. The second-order valence-corrected chi connectivity index (χ2v) is 8.75. The van der Waals surface area contributed by atoms with E-state index in [4.69, 9.17) is 4.74 Å². The molecule has 6 nitrogen and oxygen atoms in total. The smallest absolute Gasteiger partial charge is 0.317 e. The number of carbonyl (C=O) groups excluding carboxylic acids is 2. The van der Waals surface area contributed by atoms with E-state index in [0.717, 1.165) is 25.7 Å². The summed E-state index contributed by atoms with van der Waals surface area (Å²) in [5, 5.41) is 3.25. The molecule has 1 aliphatic carbocycles. The SMILES string of the molecule is C[C@@H]1CN(C(=O)C2CCN(C(=O)NC3CCCCCCC3)CC2)C[C@H](C)O1. The van der Waals surface area contributed by atoms with Crippen molar-refractivity contribution in [1.82, 2.24) is 15.1 Å². The fraction of sp³-hybridized carbons (Fsp3) is 0.905. The number of nitrogens with zero attached hydrogens (tertiary/aromatic N) is 2. The Bertz CT molecular complexity index is 487. The van der Waals surface area contributed by atoms with E-state index in [9.17, 15) is 9.59 Å². The number of nitrogens with one attached hydrogen (secondary N) is 1. The zero-order chi connectivity index (χ0) is 19.2. The van der Waals surface area contributed by atoms with Gasteiger partial charge in [0.15, 0.2) is 0 Å². The van der Waals surface area contributed by atoms with Gasteiger partial charge in [-0.3, -0.25) is 4.79 Å². The average molecular weight is 380 g/mol. The van der Waals surface area contributed by atoms with Crippen LogP contribution in [-0.2, 0) is 9.53 Å². The highest BCUT2D eigenvalue weighted by Gasteiger charge is 2.33. The minimum absolute atomic E-state index is 0.0490. The van der Waals surface area contributed by atoms with Gasteiger partial charge in [-0.25, -0.2) is 4.79 Å². The maximum atomic E-state index is 12.9. The normalized spacial score (nSPS) is 29.1. The summed E-state index contributed by atoms with van der Waals surface area (Å²) in [4.78, 5) is 29.4. The van der Waals surface area contributed by atoms with Crippen molar-refractivity contribution in [1.29, 1.82) is 0 Å². The summed E-state index contributed by atoms with van der Waals surface area (Å²) >= 11 is 0. The monoisotopic (exact) mass is 379 g/mol. The summed E-state index contributed by atoms with van der Waals surface area (Å²) in [7, 11) is 0. The zero-order valence-corrected chi connectivity index (χ0v) is 17.1. The lowest BCUT2D eigenvalue weighted by Gasteiger charge is -2.39. The fourth-order valence-corrected chi connectivity index (χ4v) is 4.81. The van der Waals surface area contributed by atoms with Crippen LogP contribution in [0.5, 0.6) is 0 Å². The fourth-order valence-electron chi connectivity index (χ4n) is 4.81. The number of rotatable bonds is 2. The Morgan fingerprint density at radius 1 is 0.815 bits per heavy atom. The zero-order valence-electron chi connectivity index (χ0n) is 17.1. The number of hydrogen-bond acceptors (Lipinski definition) is 3. The van der Waals surface area contributed by atoms with Crippen molar-refractivity contribution in [2.75, 3.05) is 26.2 Å². The second-order valence-electron chi connectivity index (χ2n) is 8.75. The highest BCUT2D eigenvalue weighted by Crippen LogP contribution is 2.23. The molecule has 6 heteroatoms. The Morgan fingerprint density at radius 3 is 1.96 bits per heavy atom. The maximum Gasteiger partial charge on any atom is 0.317 e. The molecule has 3 amide bonds. The van der Waals surface area contributed by atoms with E-state index >= 15 is 0 Å². The number of likely N-dealkylation sites (tertiary alicyclic amines) is 1. The van der Waals surface area contributed by atoms with E-state index in [0.29, 0.717) is 32.2 Å². The van der Waals surface area contributed by atoms with Crippen LogP contribution in [0.25, 0.3) is 0 Å². The summed E-state index contributed by atoms with van der Waals surface area (Å²) in [5.74, 6) is 0.296. The Labute approximate surface area is 164 Å². The number of piperidine rings is 1. The van der Waals surface area contributed by atoms with E-state index < -0.39 is 0 Å². The first kappa shape index (κ1) is 20.4. The van der Waals surface area contributed by atoms with Crippen molar-refractivity contribution in [3.8, 4) is 0 Å². The number of ether oxygens (including phenoxy) is 1. The molecule has 2 heterocycles. The lowest BCUT2D eigenvalue weighted by Crippen LogP contribution is -2.53. The maximum absolute atomic E-state index is 12.9. The van der Waals surface area contributed by atoms with E-state index in [1.165, 1.54) is 32.1 Å². The Hall–Kier alpha value is -1.30. The number of morpholine rings is 1. The van der Waals surface area contributed by atoms with Crippen molar-refractivity contribution in [3.05, 3.63) is 0 Å². The predicted octanol–water partition coefficient (Wildman–Crippen LogP) is 3.16. The van der Waals surface area contributed by atoms with Crippen LogP contribution in [0.1, 0.15) is 71.6 Å². The molecule has 0 aromatic carbocycles. The van der Waals surface area contributed by atoms with Gasteiger partial charge in [0.05, 0.1) is 12.2 Å². The molecule has 3 aliphatic rings.